The van der Waals surface area contributed by atoms with Crippen LogP contribution < -0.4 is 10.6 Å². The number of thiophene rings is 1. The first kappa shape index (κ1) is 28.5. The molecule has 2 N–H and O–H groups in total. The van der Waals surface area contributed by atoms with Crippen molar-refractivity contribution in [2.45, 2.75) is 25.2 Å². The minimum atomic E-state index is -4.56. The third-order valence-electron chi connectivity index (χ3n) is 6.19. The monoisotopic (exact) mass is 619 g/mol. The number of carbonyl (C=O) groups is 3. The Bertz CT molecular complexity index is 1630. The van der Waals surface area contributed by atoms with Gasteiger partial charge in [0.25, 0.3) is 11.8 Å². The second kappa shape index (κ2) is 11.5. The second-order valence-electron chi connectivity index (χ2n) is 8.95. The summed E-state index contributed by atoms with van der Waals surface area (Å²) in [7, 11) is 0. The maximum atomic E-state index is 13.6. The van der Waals surface area contributed by atoms with Gasteiger partial charge in [-0.3, -0.25) is 19.4 Å². The highest BCUT2D eigenvalue weighted by Crippen LogP contribution is 2.36. The number of hydrogen-bond donors (Lipinski definition) is 2. The molecule has 0 bridgehead atoms. The molecule has 4 heterocycles. The quantitative estimate of drug-likeness (QED) is 0.263. The Balaban J connectivity index is 1.39. The highest BCUT2D eigenvalue weighted by Gasteiger charge is 2.37. The molecule has 0 saturated heterocycles. The molecule has 210 valence electrons. The molecule has 1 aromatic carbocycles. The molecule has 1 aliphatic rings. The third-order valence-corrected chi connectivity index (χ3v) is 7.75. The maximum absolute atomic E-state index is 13.6. The average molecular weight is 620 g/mol. The molecule has 1 atom stereocenters. The number of nitrogens with zero attached hydrogens (tertiary/aromatic N) is 3. The molecule has 0 radical (unpaired) electrons. The fourth-order valence-corrected chi connectivity index (χ4v) is 5.63. The van der Waals surface area contributed by atoms with Crippen molar-refractivity contribution in [1.82, 2.24) is 14.9 Å². The van der Waals surface area contributed by atoms with Crippen LogP contribution in [0, 0.1) is 0 Å². The molecule has 41 heavy (non-hydrogen) atoms. The van der Waals surface area contributed by atoms with Crippen molar-refractivity contribution in [3.8, 4) is 0 Å². The van der Waals surface area contributed by atoms with E-state index in [-0.39, 0.29) is 34.2 Å². The summed E-state index contributed by atoms with van der Waals surface area (Å²) in [4.78, 5) is 49.3. The van der Waals surface area contributed by atoms with Crippen LogP contribution in [0.15, 0.2) is 67.0 Å². The van der Waals surface area contributed by atoms with Gasteiger partial charge in [-0.1, -0.05) is 35.3 Å². The van der Waals surface area contributed by atoms with E-state index < -0.39 is 35.5 Å². The molecule has 0 saturated carbocycles. The summed E-state index contributed by atoms with van der Waals surface area (Å²) in [5.41, 5.74) is 0.543. The Morgan fingerprint density at radius 3 is 2.54 bits per heavy atom. The molecule has 0 aliphatic carbocycles. The maximum Gasteiger partial charge on any atom is 0.417 e. The van der Waals surface area contributed by atoms with Crippen molar-refractivity contribution in [3.63, 3.8) is 0 Å². The van der Waals surface area contributed by atoms with Gasteiger partial charge in [-0.2, -0.15) is 13.2 Å². The van der Waals surface area contributed by atoms with Gasteiger partial charge in [0, 0.05) is 31.1 Å². The summed E-state index contributed by atoms with van der Waals surface area (Å²) in [6, 6.07) is 12.2. The van der Waals surface area contributed by atoms with E-state index in [1.54, 1.807) is 30.5 Å². The zero-order chi connectivity index (χ0) is 29.3. The molecule has 1 unspecified atom stereocenters. The summed E-state index contributed by atoms with van der Waals surface area (Å²) >= 11 is 13.6. The fraction of sp³-hybridized carbons (Fsp3) is 0.148. The molecule has 8 nitrogen and oxygen atoms in total. The number of amides is 3. The number of pyridine rings is 2. The van der Waals surface area contributed by atoms with Crippen LogP contribution in [-0.2, 0) is 23.9 Å². The summed E-state index contributed by atoms with van der Waals surface area (Å²) in [6.07, 6.45) is -2.20. The minimum Gasteiger partial charge on any atom is -0.323 e. The Morgan fingerprint density at radius 2 is 1.88 bits per heavy atom. The summed E-state index contributed by atoms with van der Waals surface area (Å²) in [5, 5.41) is 5.22. The number of aromatic nitrogens is 2. The first-order valence-electron chi connectivity index (χ1n) is 11.9. The largest absolute Gasteiger partial charge is 0.417 e. The number of carbonyl (C=O) groups excluding carboxylic acids is 3. The van der Waals surface area contributed by atoms with E-state index in [1.807, 2.05) is 0 Å². The van der Waals surface area contributed by atoms with E-state index in [9.17, 15) is 27.6 Å². The summed E-state index contributed by atoms with van der Waals surface area (Å²) in [5.74, 6) is -1.61. The molecule has 1 aliphatic heterocycles. The lowest BCUT2D eigenvalue weighted by Gasteiger charge is -2.28. The van der Waals surface area contributed by atoms with Gasteiger partial charge in [0.05, 0.1) is 26.2 Å². The SMILES string of the molecule is O=C(Nc1ccc(C(F)(F)F)cn1)c1ccc(CN2C(=O)c3sc(Cl)cc3NC(=O)C2Cc2ccccn2)cc1Cl. The summed E-state index contributed by atoms with van der Waals surface area (Å²) in [6.45, 7) is -0.0270. The molecule has 14 heteroatoms. The smallest absolute Gasteiger partial charge is 0.323 e. The van der Waals surface area contributed by atoms with Gasteiger partial charge in [0.1, 0.15) is 16.7 Å². The molecular formula is C27H18Cl2F3N5O3S. The van der Waals surface area contributed by atoms with Crippen LogP contribution in [0.2, 0.25) is 9.36 Å². The fourth-order valence-electron chi connectivity index (χ4n) is 4.20. The lowest BCUT2D eigenvalue weighted by Crippen LogP contribution is -2.46. The number of benzene rings is 1. The van der Waals surface area contributed by atoms with Gasteiger partial charge in [-0.05, 0) is 48.0 Å². The van der Waals surface area contributed by atoms with Crippen LogP contribution in [0.4, 0.5) is 24.7 Å². The van der Waals surface area contributed by atoms with E-state index >= 15 is 0 Å². The standard InChI is InChI=1S/C27H18Cl2F3N5O3S/c28-18-9-14(4-6-17(18)24(38)36-22-7-5-15(12-34-22)27(30,31)32)13-37-20(10-16-3-1-2-8-33-16)25(39)35-19-11-21(29)41-23(19)26(37)40/h1-9,11-12,20H,10,13H2,(H,35,39)(H,34,36,38). The van der Waals surface area contributed by atoms with Crippen molar-refractivity contribution in [2.24, 2.45) is 0 Å². The predicted molar refractivity (Wildman–Crippen MR) is 148 cm³/mol. The number of rotatable bonds is 6. The van der Waals surface area contributed by atoms with Crippen molar-refractivity contribution in [2.75, 3.05) is 10.6 Å². The lowest BCUT2D eigenvalue weighted by molar-refractivity contribution is -0.137. The van der Waals surface area contributed by atoms with Crippen molar-refractivity contribution < 1.29 is 27.6 Å². The van der Waals surface area contributed by atoms with Gasteiger partial charge in [0.2, 0.25) is 5.91 Å². The Kier molecular flexibility index (Phi) is 7.98. The van der Waals surface area contributed by atoms with Gasteiger partial charge >= 0.3 is 6.18 Å². The Hall–Kier alpha value is -4.00. The molecule has 0 fully saturated rings. The molecule has 3 amide bonds. The second-order valence-corrected chi connectivity index (χ2v) is 11.0. The van der Waals surface area contributed by atoms with Crippen molar-refractivity contribution in [3.05, 3.63) is 104 Å². The molecule has 4 aromatic rings. The first-order valence-corrected chi connectivity index (χ1v) is 13.5. The third kappa shape index (κ3) is 6.34. The Morgan fingerprint density at radius 1 is 1.07 bits per heavy atom. The average Bonchev–Trinajstić information content (AvgIpc) is 3.26. The number of alkyl halides is 3. The normalized spacial score (nSPS) is 15.2. The van der Waals surface area contributed by atoms with E-state index in [2.05, 4.69) is 20.6 Å². The number of anilines is 2. The molecule has 5 rings (SSSR count). The zero-order valence-corrected chi connectivity index (χ0v) is 23.0. The van der Waals surface area contributed by atoms with E-state index in [0.717, 1.165) is 23.5 Å². The van der Waals surface area contributed by atoms with Gasteiger partial charge in [0.15, 0.2) is 0 Å². The predicted octanol–water partition coefficient (Wildman–Crippen LogP) is 6.32. The molecule has 0 spiro atoms. The summed E-state index contributed by atoms with van der Waals surface area (Å²) < 4.78 is 38.7. The van der Waals surface area contributed by atoms with Crippen LogP contribution >= 0.6 is 34.5 Å². The number of nitrogens with one attached hydrogen (secondary N) is 2. The van der Waals surface area contributed by atoms with E-state index in [1.165, 1.54) is 23.1 Å². The van der Waals surface area contributed by atoms with Crippen molar-refractivity contribution >= 4 is 63.8 Å². The number of fused-ring (bicyclic) bond motifs is 1. The number of halogens is 5. The topological polar surface area (TPSA) is 104 Å². The van der Waals surface area contributed by atoms with Gasteiger partial charge in [-0.15, -0.1) is 11.3 Å². The van der Waals surface area contributed by atoms with Gasteiger partial charge in [-0.25, -0.2) is 4.98 Å². The van der Waals surface area contributed by atoms with E-state index in [0.29, 0.717) is 27.5 Å². The first-order chi connectivity index (χ1) is 19.5. The van der Waals surface area contributed by atoms with Crippen LogP contribution in [0.3, 0.4) is 0 Å². The van der Waals surface area contributed by atoms with Crippen LogP contribution in [0.25, 0.3) is 0 Å². The van der Waals surface area contributed by atoms with Crippen LogP contribution in [-0.4, -0.2) is 38.6 Å². The van der Waals surface area contributed by atoms with E-state index in [4.69, 9.17) is 23.2 Å². The van der Waals surface area contributed by atoms with Gasteiger partial charge < -0.3 is 15.5 Å². The molecule has 3 aromatic heterocycles. The van der Waals surface area contributed by atoms with Crippen molar-refractivity contribution in [1.29, 1.82) is 0 Å². The lowest BCUT2D eigenvalue weighted by atomic mass is 10.1. The van der Waals surface area contributed by atoms with Crippen LogP contribution in [0.5, 0.6) is 0 Å². The minimum absolute atomic E-state index is 0.0270. The number of hydrogen-bond acceptors (Lipinski definition) is 6. The Labute approximate surface area is 245 Å². The highest BCUT2D eigenvalue weighted by atomic mass is 35.5. The molecular weight excluding hydrogens is 602 g/mol. The highest BCUT2D eigenvalue weighted by molar-refractivity contribution is 7.18. The van der Waals surface area contributed by atoms with Crippen LogP contribution in [0.1, 0.15) is 36.9 Å². The zero-order valence-electron chi connectivity index (χ0n) is 20.7.